The first-order valence-corrected chi connectivity index (χ1v) is 7.33. The number of aromatic nitrogens is 4. The standard InChI is InChI=1S/C14H18ClN5/c1-2-5-14(6-7-14)9-20-13(17-18-19-20)10-3-4-12(16)11(15)8-10/h3-4,8H,2,5-7,9,16H2,1H3. The molecule has 20 heavy (non-hydrogen) atoms. The highest BCUT2D eigenvalue weighted by atomic mass is 35.5. The largest absolute Gasteiger partial charge is 0.398 e. The van der Waals surface area contributed by atoms with Crippen LogP contribution >= 0.6 is 11.6 Å². The number of tetrazole rings is 1. The third-order valence-electron chi connectivity index (χ3n) is 4.01. The number of rotatable bonds is 5. The molecule has 0 bridgehead atoms. The summed E-state index contributed by atoms with van der Waals surface area (Å²) < 4.78 is 1.89. The van der Waals surface area contributed by atoms with E-state index in [2.05, 4.69) is 22.4 Å². The Labute approximate surface area is 123 Å². The van der Waals surface area contributed by atoms with Crippen LogP contribution in [0.3, 0.4) is 0 Å². The zero-order valence-electron chi connectivity index (χ0n) is 11.5. The lowest BCUT2D eigenvalue weighted by Crippen LogP contribution is -2.14. The Morgan fingerprint density at radius 3 is 2.85 bits per heavy atom. The van der Waals surface area contributed by atoms with Gasteiger partial charge in [0.15, 0.2) is 5.82 Å². The molecule has 0 radical (unpaired) electrons. The Bertz CT molecular complexity index is 618. The van der Waals surface area contributed by atoms with Crippen molar-refractivity contribution in [1.29, 1.82) is 0 Å². The van der Waals surface area contributed by atoms with Crippen LogP contribution in [0.25, 0.3) is 11.4 Å². The maximum atomic E-state index is 6.08. The number of nitrogens with zero attached hydrogens (tertiary/aromatic N) is 4. The first kappa shape index (κ1) is 13.4. The molecule has 2 aromatic rings. The first-order chi connectivity index (χ1) is 9.63. The van der Waals surface area contributed by atoms with E-state index in [-0.39, 0.29) is 0 Å². The Kier molecular flexibility index (Phi) is 3.38. The van der Waals surface area contributed by atoms with Gasteiger partial charge in [0.05, 0.1) is 17.3 Å². The predicted molar refractivity (Wildman–Crippen MR) is 79.3 cm³/mol. The quantitative estimate of drug-likeness (QED) is 0.859. The molecule has 1 heterocycles. The maximum absolute atomic E-state index is 6.08. The van der Waals surface area contributed by atoms with Gasteiger partial charge < -0.3 is 5.73 Å². The molecule has 0 unspecified atom stereocenters. The smallest absolute Gasteiger partial charge is 0.182 e. The van der Waals surface area contributed by atoms with E-state index in [1.165, 1.54) is 25.7 Å². The van der Waals surface area contributed by atoms with Crippen LogP contribution in [-0.2, 0) is 6.54 Å². The van der Waals surface area contributed by atoms with Gasteiger partial charge in [0.1, 0.15) is 0 Å². The number of hydrogen-bond acceptors (Lipinski definition) is 4. The molecule has 1 aliphatic rings. The molecule has 6 heteroatoms. The Balaban J connectivity index is 1.88. The van der Waals surface area contributed by atoms with Crippen molar-refractivity contribution in [3.8, 4) is 11.4 Å². The predicted octanol–water partition coefficient (Wildman–Crippen LogP) is 3.16. The molecule has 106 valence electrons. The van der Waals surface area contributed by atoms with Gasteiger partial charge in [0, 0.05) is 5.56 Å². The summed E-state index contributed by atoms with van der Waals surface area (Å²) >= 11 is 6.08. The van der Waals surface area contributed by atoms with Gasteiger partial charge in [0.2, 0.25) is 0 Å². The highest BCUT2D eigenvalue weighted by Gasteiger charge is 2.42. The van der Waals surface area contributed by atoms with Gasteiger partial charge in [-0.2, -0.15) is 0 Å². The molecule has 1 aliphatic carbocycles. The van der Waals surface area contributed by atoms with Gasteiger partial charge in [-0.05, 0) is 53.3 Å². The minimum absolute atomic E-state index is 0.399. The van der Waals surface area contributed by atoms with Crippen LogP contribution in [0.4, 0.5) is 5.69 Å². The van der Waals surface area contributed by atoms with Crippen LogP contribution in [0.15, 0.2) is 18.2 Å². The molecule has 0 saturated heterocycles. The van der Waals surface area contributed by atoms with Gasteiger partial charge in [-0.3, -0.25) is 0 Å². The summed E-state index contributed by atoms with van der Waals surface area (Å²) in [6.07, 6.45) is 4.96. The number of hydrogen-bond donors (Lipinski definition) is 1. The number of benzene rings is 1. The molecule has 0 amide bonds. The molecule has 0 atom stereocenters. The van der Waals surface area contributed by atoms with E-state index in [0.717, 1.165) is 17.9 Å². The van der Waals surface area contributed by atoms with Crippen molar-refractivity contribution < 1.29 is 0 Å². The van der Waals surface area contributed by atoms with Crippen molar-refractivity contribution in [2.75, 3.05) is 5.73 Å². The van der Waals surface area contributed by atoms with Crippen LogP contribution in [0, 0.1) is 5.41 Å². The third-order valence-corrected chi connectivity index (χ3v) is 4.34. The maximum Gasteiger partial charge on any atom is 0.182 e. The minimum Gasteiger partial charge on any atom is -0.398 e. The highest BCUT2D eigenvalue weighted by molar-refractivity contribution is 6.33. The summed E-state index contributed by atoms with van der Waals surface area (Å²) in [4.78, 5) is 0. The van der Waals surface area contributed by atoms with Gasteiger partial charge in [-0.15, -0.1) is 5.10 Å². The summed E-state index contributed by atoms with van der Waals surface area (Å²) in [5.74, 6) is 0.759. The van der Waals surface area contributed by atoms with Crippen LogP contribution < -0.4 is 5.73 Å². The molecule has 0 aliphatic heterocycles. The lowest BCUT2D eigenvalue weighted by molar-refractivity contribution is 0.365. The molecule has 1 fully saturated rings. The molecule has 1 aromatic heterocycles. The minimum atomic E-state index is 0.399. The van der Waals surface area contributed by atoms with E-state index in [0.29, 0.717) is 16.1 Å². The Morgan fingerprint density at radius 1 is 1.40 bits per heavy atom. The fraction of sp³-hybridized carbons (Fsp3) is 0.500. The Morgan fingerprint density at radius 2 is 2.20 bits per heavy atom. The molecule has 0 spiro atoms. The van der Waals surface area contributed by atoms with Gasteiger partial charge in [0.25, 0.3) is 0 Å². The normalized spacial score (nSPS) is 16.3. The SMILES string of the molecule is CCCC1(Cn2nnnc2-c2ccc(N)c(Cl)c2)CC1. The summed E-state index contributed by atoms with van der Waals surface area (Å²) in [6.45, 7) is 3.10. The van der Waals surface area contributed by atoms with Crippen molar-refractivity contribution in [3.63, 3.8) is 0 Å². The van der Waals surface area contributed by atoms with E-state index in [1.807, 2.05) is 16.8 Å². The highest BCUT2D eigenvalue weighted by Crippen LogP contribution is 2.51. The van der Waals surface area contributed by atoms with Crippen LogP contribution in [0.1, 0.15) is 32.6 Å². The van der Waals surface area contributed by atoms with Crippen LogP contribution in [-0.4, -0.2) is 20.2 Å². The number of halogens is 1. The second-order valence-corrected chi connectivity index (χ2v) is 6.05. The van der Waals surface area contributed by atoms with Crippen molar-refractivity contribution in [1.82, 2.24) is 20.2 Å². The number of anilines is 1. The van der Waals surface area contributed by atoms with E-state index in [9.17, 15) is 0 Å². The van der Waals surface area contributed by atoms with Crippen molar-refractivity contribution in [3.05, 3.63) is 23.2 Å². The third kappa shape index (κ3) is 2.50. The van der Waals surface area contributed by atoms with Crippen LogP contribution in [0.5, 0.6) is 0 Å². The van der Waals surface area contributed by atoms with E-state index < -0.39 is 0 Å². The lowest BCUT2D eigenvalue weighted by Gasteiger charge is -2.14. The molecule has 5 nitrogen and oxygen atoms in total. The lowest BCUT2D eigenvalue weighted by atomic mass is 10.0. The zero-order chi connectivity index (χ0) is 14.2. The van der Waals surface area contributed by atoms with Crippen molar-refractivity contribution >= 4 is 17.3 Å². The van der Waals surface area contributed by atoms with Crippen molar-refractivity contribution in [2.45, 2.75) is 39.2 Å². The van der Waals surface area contributed by atoms with E-state index in [4.69, 9.17) is 17.3 Å². The molecule has 1 aromatic carbocycles. The molecular weight excluding hydrogens is 274 g/mol. The molecule has 1 saturated carbocycles. The first-order valence-electron chi connectivity index (χ1n) is 6.95. The van der Waals surface area contributed by atoms with E-state index in [1.54, 1.807) is 6.07 Å². The average Bonchev–Trinajstić information content (AvgIpc) is 3.01. The Hall–Kier alpha value is -1.62. The summed E-state index contributed by atoms with van der Waals surface area (Å²) in [5, 5.41) is 12.6. The fourth-order valence-electron chi connectivity index (χ4n) is 2.70. The summed E-state index contributed by atoms with van der Waals surface area (Å²) in [6, 6.07) is 5.51. The van der Waals surface area contributed by atoms with Crippen molar-refractivity contribution in [2.24, 2.45) is 5.41 Å². The molecule has 3 rings (SSSR count). The summed E-state index contributed by atoms with van der Waals surface area (Å²) in [7, 11) is 0. The number of nitrogens with two attached hydrogens (primary N) is 1. The summed E-state index contributed by atoms with van der Waals surface area (Å²) in [5.41, 5.74) is 7.61. The topological polar surface area (TPSA) is 69.6 Å². The molecular formula is C14H18ClN5. The monoisotopic (exact) mass is 291 g/mol. The van der Waals surface area contributed by atoms with Gasteiger partial charge >= 0.3 is 0 Å². The second kappa shape index (κ2) is 5.05. The number of nitrogen functional groups attached to an aromatic ring is 1. The van der Waals surface area contributed by atoms with Gasteiger partial charge in [-0.25, -0.2) is 4.68 Å². The van der Waals surface area contributed by atoms with Crippen LogP contribution in [0.2, 0.25) is 5.02 Å². The second-order valence-electron chi connectivity index (χ2n) is 5.65. The van der Waals surface area contributed by atoms with Gasteiger partial charge in [-0.1, -0.05) is 24.9 Å². The van der Waals surface area contributed by atoms with E-state index >= 15 is 0 Å². The zero-order valence-corrected chi connectivity index (χ0v) is 12.3. The molecule has 2 N–H and O–H groups in total. The average molecular weight is 292 g/mol. The fourth-order valence-corrected chi connectivity index (χ4v) is 2.88.